The number of rotatable bonds is 5. The van der Waals surface area contributed by atoms with Crippen LogP contribution in [0, 0.1) is 5.82 Å². The molecule has 0 bridgehead atoms. The summed E-state index contributed by atoms with van der Waals surface area (Å²) in [5.74, 6) is -1.28. The van der Waals surface area contributed by atoms with Gasteiger partial charge in [-0.2, -0.15) is 0 Å². The Kier molecular flexibility index (Phi) is 5.69. The zero-order valence-corrected chi connectivity index (χ0v) is 12.5. The van der Waals surface area contributed by atoms with Gasteiger partial charge in [0, 0.05) is 18.6 Å². The minimum atomic E-state index is -0.949. The molecule has 0 saturated carbocycles. The molecule has 0 spiro atoms. The second kappa shape index (κ2) is 7.06. The van der Waals surface area contributed by atoms with E-state index in [1.54, 1.807) is 12.1 Å². The number of carboxylic acid groups (broad SMARTS) is 1. The molecule has 0 aliphatic rings. The first-order valence-electron chi connectivity index (χ1n) is 6.72. The Hall–Kier alpha value is -2.11. The van der Waals surface area contributed by atoms with Gasteiger partial charge in [-0.1, -0.05) is 12.1 Å². The predicted molar refractivity (Wildman–Crippen MR) is 77.3 cm³/mol. The molecule has 0 fully saturated rings. The molecule has 0 aliphatic heterocycles. The van der Waals surface area contributed by atoms with Crippen LogP contribution in [-0.4, -0.2) is 34.1 Å². The average Bonchev–Trinajstić information content (AvgIpc) is 2.36. The fourth-order valence-corrected chi connectivity index (χ4v) is 1.82. The number of amides is 2. The van der Waals surface area contributed by atoms with E-state index in [0.717, 1.165) is 5.56 Å². The molecule has 1 aromatic carbocycles. The highest BCUT2D eigenvalue weighted by Crippen LogP contribution is 2.14. The molecule has 0 saturated heterocycles. The Morgan fingerprint density at radius 3 is 2.29 bits per heavy atom. The minimum absolute atomic E-state index is 0.110. The van der Waals surface area contributed by atoms with E-state index in [2.05, 4.69) is 5.32 Å². The van der Waals surface area contributed by atoms with E-state index >= 15 is 0 Å². The van der Waals surface area contributed by atoms with Crippen LogP contribution < -0.4 is 5.32 Å². The van der Waals surface area contributed by atoms with E-state index in [1.807, 2.05) is 20.8 Å². The van der Waals surface area contributed by atoms with Gasteiger partial charge in [-0.15, -0.1) is 0 Å². The summed E-state index contributed by atoms with van der Waals surface area (Å²) in [5, 5.41) is 11.5. The maximum absolute atomic E-state index is 12.8. The molecule has 21 heavy (non-hydrogen) atoms. The highest BCUT2D eigenvalue weighted by Gasteiger charge is 2.26. The van der Waals surface area contributed by atoms with Gasteiger partial charge in [0.2, 0.25) is 0 Å². The summed E-state index contributed by atoms with van der Waals surface area (Å²) in [4.78, 5) is 24.3. The van der Waals surface area contributed by atoms with Crippen molar-refractivity contribution in [1.29, 1.82) is 0 Å². The molecule has 0 aliphatic carbocycles. The van der Waals surface area contributed by atoms with Crippen LogP contribution in [0.15, 0.2) is 24.3 Å². The van der Waals surface area contributed by atoms with Crippen molar-refractivity contribution in [3.8, 4) is 0 Å². The van der Waals surface area contributed by atoms with Gasteiger partial charge in [0.1, 0.15) is 5.82 Å². The van der Waals surface area contributed by atoms with Crippen molar-refractivity contribution in [3.63, 3.8) is 0 Å². The first-order valence-corrected chi connectivity index (χ1v) is 6.72. The lowest BCUT2D eigenvalue weighted by atomic mass is 10.1. The molecule has 0 atom stereocenters. The van der Waals surface area contributed by atoms with Gasteiger partial charge >= 0.3 is 12.0 Å². The number of carbonyl (C=O) groups is 2. The summed E-state index contributed by atoms with van der Waals surface area (Å²) in [6, 6.07) is 5.50. The molecule has 6 heteroatoms. The second-order valence-corrected chi connectivity index (χ2v) is 5.75. The normalized spacial score (nSPS) is 11.0. The van der Waals surface area contributed by atoms with Crippen molar-refractivity contribution in [2.75, 3.05) is 6.54 Å². The zero-order chi connectivity index (χ0) is 16.0. The molecular weight excluding hydrogens is 275 g/mol. The number of carboxylic acids is 1. The van der Waals surface area contributed by atoms with E-state index in [4.69, 9.17) is 5.11 Å². The first kappa shape index (κ1) is 16.9. The number of nitrogens with one attached hydrogen (secondary N) is 1. The van der Waals surface area contributed by atoms with Crippen molar-refractivity contribution in [3.05, 3.63) is 35.6 Å². The minimum Gasteiger partial charge on any atom is -0.481 e. The average molecular weight is 296 g/mol. The Bertz CT molecular complexity index is 495. The smallest absolute Gasteiger partial charge is 0.318 e. The van der Waals surface area contributed by atoms with E-state index in [0.29, 0.717) is 0 Å². The molecule has 5 nitrogen and oxygen atoms in total. The molecule has 1 rings (SSSR count). The topological polar surface area (TPSA) is 69.6 Å². The summed E-state index contributed by atoms with van der Waals surface area (Å²) in [7, 11) is 0. The third-order valence-corrected chi connectivity index (χ3v) is 2.96. The quantitative estimate of drug-likeness (QED) is 0.877. The number of aliphatic carboxylic acids is 1. The van der Waals surface area contributed by atoms with Crippen LogP contribution in [0.2, 0.25) is 0 Å². The van der Waals surface area contributed by atoms with Crippen molar-refractivity contribution in [2.45, 2.75) is 39.3 Å². The molecule has 116 valence electrons. The number of hydrogen-bond acceptors (Lipinski definition) is 2. The fraction of sp³-hybridized carbons (Fsp3) is 0.467. The molecule has 0 aromatic heterocycles. The molecule has 2 N–H and O–H groups in total. The van der Waals surface area contributed by atoms with Crippen LogP contribution in [0.4, 0.5) is 9.18 Å². The molecule has 1 aromatic rings. The standard InChI is InChI=1S/C15H21FN2O3/c1-15(2,3)18(9-8-13(19)20)14(21)17-10-11-4-6-12(16)7-5-11/h4-7H,8-10H2,1-3H3,(H,17,21)(H,19,20). The number of hydrogen-bond donors (Lipinski definition) is 2. The SMILES string of the molecule is CC(C)(C)N(CCC(=O)O)C(=O)NCc1ccc(F)cc1. The van der Waals surface area contributed by atoms with Crippen molar-refractivity contribution >= 4 is 12.0 Å². The van der Waals surface area contributed by atoms with Crippen molar-refractivity contribution < 1.29 is 19.1 Å². The summed E-state index contributed by atoms with van der Waals surface area (Å²) in [5.41, 5.74) is 0.291. The van der Waals surface area contributed by atoms with Crippen LogP contribution >= 0.6 is 0 Å². The highest BCUT2D eigenvalue weighted by molar-refractivity contribution is 5.76. The molecule has 0 radical (unpaired) electrons. The van der Waals surface area contributed by atoms with Gasteiger partial charge in [-0.25, -0.2) is 9.18 Å². The molecule has 0 heterocycles. The molecule has 2 amide bonds. The zero-order valence-electron chi connectivity index (χ0n) is 12.5. The third kappa shape index (κ3) is 5.81. The number of urea groups is 1. The lowest BCUT2D eigenvalue weighted by Gasteiger charge is -2.35. The van der Waals surface area contributed by atoms with Gasteiger partial charge in [0.05, 0.1) is 6.42 Å². The van der Waals surface area contributed by atoms with E-state index < -0.39 is 11.5 Å². The van der Waals surface area contributed by atoms with Crippen LogP contribution in [0.5, 0.6) is 0 Å². The third-order valence-electron chi connectivity index (χ3n) is 2.96. The van der Waals surface area contributed by atoms with Gasteiger partial charge in [0.25, 0.3) is 0 Å². The number of benzene rings is 1. The van der Waals surface area contributed by atoms with E-state index in [1.165, 1.54) is 17.0 Å². The Balaban J connectivity index is 2.63. The van der Waals surface area contributed by atoms with Crippen LogP contribution in [0.3, 0.4) is 0 Å². The molecule has 0 unspecified atom stereocenters. The fourth-order valence-electron chi connectivity index (χ4n) is 1.82. The summed E-state index contributed by atoms with van der Waals surface area (Å²) in [6.45, 7) is 5.91. The highest BCUT2D eigenvalue weighted by atomic mass is 19.1. The Morgan fingerprint density at radius 2 is 1.81 bits per heavy atom. The van der Waals surface area contributed by atoms with Crippen molar-refractivity contribution in [2.24, 2.45) is 0 Å². The summed E-state index contributed by atoms with van der Waals surface area (Å²) >= 11 is 0. The van der Waals surface area contributed by atoms with Gasteiger partial charge < -0.3 is 15.3 Å². The monoisotopic (exact) mass is 296 g/mol. The number of nitrogens with zero attached hydrogens (tertiary/aromatic N) is 1. The number of carbonyl (C=O) groups excluding carboxylic acids is 1. The van der Waals surface area contributed by atoms with E-state index in [-0.39, 0.29) is 31.4 Å². The molecular formula is C15H21FN2O3. The lowest BCUT2D eigenvalue weighted by Crippen LogP contribution is -2.50. The van der Waals surface area contributed by atoms with Gasteiger partial charge in [-0.3, -0.25) is 4.79 Å². The number of halogens is 1. The maximum atomic E-state index is 12.8. The van der Waals surface area contributed by atoms with E-state index in [9.17, 15) is 14.0 Å². The van der Waals surface area contributed by atoms with Crippen molar-refractivity contribution in [1.82, 2.24) is 10.2 Å². The van der Waals surface area contributed by atoms with Gasteiger partial charge in [-0.05, 0) is 38.5 Å². The second-order valence-electron chi connectivity index (χ2n) is 5.75. The summed E-state index contributed by atoms with van der Waals surface area (Å²) < 4.78 is 12.8. The first-order chi connectivity index (χ1) is 9.70. The van der Waals surface area contributed by atoms with Gasteiger partial charge in [0.15, 0.2) is 0 Å². The maximum Gasteiger partial charge on any atom is 0.318 e. The van der Waals surface area contributed by atoms with Crippen LogP contribution in [0.25, 0.3) is 0 Å². The Morgan fingerprint density at radius 1 is 1.24 bits per heavy atom. The predicted octanol–water partition coefficient (Wildman–Crippen LogP) is 2.61. The van der Waals surface area contributed by atoms with Crippen LogP contribution in [-0.2, 0) is 11.3 Å². The summed E-state index contributed by atoms with van der Waals surface area (Å²) in [6.07, 6.45) is -0.110. The largest absolute Gasteiger partial charge is 0.481 e. The Labute approximate surface area is 123 Å². The lowest BCUT2D eigenvalue weighted by molar-refractivity contribution is -0.137. The van der Waals surface area contributed by atoms with Crippen LogP contribution in [0.1, 0.15) is 32.8 Å².